The molecule has 0 radical (unpaired) electrons. The Morgan fingerprint density at radius 1 is 0.848 bits per heavy atom. The van der Waals surface area contributed by atoms with E-state index in [4.69, 9.17) is 14.2 Å². The van der Waals surface area contributed by atoms with Crippen molar-refractivity contribution >= 4 is 29.3 Å². The number of amides is 3. The summed E-state index contributed by atoms with van der Waals surface area (Å²) in [5.74, 6) is 0.818. The minimum absolute atomic E-state index is 0.0216. The number of fused-ring (bicyclic) bond motifs is 4. The number of nitrogens with one attached hydrogen (secondary N) is 1. The first-order valence-corrected chi connectivity index (χ1v) is 15.6. The maximum Gasteiger partial charge on any atom is 0.409 e. The molecule has 3 amide bonds. The minimum Gasteiger partial charge on any atom is -0.497 e. The molecule has 1 aromatic heterocycles. The molecule has 3 aliphatic heterocycles. The van der Waals surface area contributed by atoms with Crippen molar-refractivity contribution in [1.82, 2.24) is 14.4 Å². The van der Waals surface area contributed by atoms with Crippen molar-refractivity contribution < 1.29 is 28.6 Å². The molecule has 2 aromatic carbocycles. The number of hydrogen-bond donors (Lipinski definition) is 1. The number of piperazine rings is 1. The third kappa shape index (κ3) is 6.24. The first kappa shape index (κ1) is 31.0. The van der Waals surface area contributed by atoms with Crippen LogP contribution in [0.15, 0.2) is 59.4 Å². The van der Waals surface area contributed by atoms with Gasteiger partial charge in [-0.3, -0.25) is 14.4 Å². The second kappa shape index (κ2) is 13.2. The van der Waals surface area contributed by atoms with Gasteiger partial charge in [-0.1, -0.05) is 6.07 Å². The monoisotopic (exact) mass is 629 g/mol. The second-order valence-corrected chi connectivity index (χ2v) is 11.9. The highest BCUT2D eigenvalue weighted by Crippen LogP contribution is 2.39. The number of pyridine rings is 1. The number of carbonyl (C=O) groups is 3. The molecule has 3 aliphatic rings. The van der Waals surface area contributed by atoms with E-state index in [-0.39, 0.29) is 35.3 Å². The van der Waals surface area contributed by atoms with Crippen LogP contribution in [0.1, 0.15) is 45.7 Å². The number of carbonyl (C=O) groups excluding carboxylic acids is 3. The number of rotatable bonds is 7. The van der Waals surface area contributed by atoms with E-state index in [2.05, 4.69) is 10.2 Å². The third-order valence-corrected chi connectivity index (χ3v) is 9.02. The van der Waals surface area contributed by atoms with Crippen LogP contribution in [0.4, 0.5) is 16.2 Å². The number of anilines is 2. The number of hydrogen-bond acceptors (Lipinski definition) is 8. The van der Waals surface area contributed by atoms with E-state index in [9.17, 15) is 19.2 Å². The Morgan fingerprint density at radius 2 is 1.57 bits per heavy atom. The van der Waals surface area contributed by atoms with Crippen molar-refractivity contribution in [1.29, 1.82) is 0 Å². The first-order valence-electron chi connectivity index (χ1n) is 15.6. The maximum absolute atomic E-state index is 13.7. The number of nitrogens with zero attached hydrogens (tertiary/aromatic N) is 4. The van der Waals surface area contributed by atoms with Crippen LogP contribution in [0.5, 0.6) is 11.5 Å². The SMILES string of the molecule is CCOC(=O)N1CCN(C(=O)c2ccc(N3C[C@H]4C[C@@H](C3)c3cccc(=O)n3C4)c(NC(=O)c3cc(OC)cc(OC)c3)c2)CC1. The predicted molar refractivity (Wildman–Crippen MR) is 172 cm³/mol. The van der Waals surface area contributed by atoms with Crippen LogP contribution in [-0.4, -0.2) is 92.4 Å². The van der Waals surface area contributed by atoms with Gasteiger partial charge in [-0.2, -0.15) is 0 Å². The molecule has 2 fully saturated rings. The van der Waals surface area contributed by atoms with Crippen LogP contribution < -0.4 is 25.2 Å². The molecule has 2 bridgehead atoms. The van der Waals surface area contributed by atoms with Crippen LogP contribution in [-0.2, 0) is 11.3 Å². The molecular formula is C34H39N5O7. The largest absolute Gasteiger partial charge is 0.497 e. The Labute approximate surface area is 267 Å². The molecule has 6 rings (SSSR count). The standard InChI is InChI=1S/C34H39N5O7/c1-4-46-34(43)37-12-10-36(11-13-37)33(42)23-8-9-30(28(17-23)35-32(41)24-15-26(44-2)18-27(16-24)45-3)38-19-22-14-25(21-38)29-6-5-7-31(40)39(29)20-22/h5-9,15-18,22,25H,4,10-14,19-21H2,1-3H3,(H,35,41)/t22-,25+/m1/s1. The van der Waals surface area contributed by atoms with Gasteiger partial charge in [-0.05, 0) is 55.7 Å². The fraction of sp³-hybridized carbons (Fsp3) is 0.412. The minimum atomic E-state index is -0.378. The van der Waals surface area contributed by atoms with Gasteiger partial charge in [0.1, 0.15) is 11.5 Å². The lowest BCUT2D eigenvalue weighted by Gasteiger charge is -2.44. The number of benzene rings is 2. The summed E-state index contributed by atoms with van der Waals surface area (Å²) in [6, 6.07) is 15.8. The highest BCUT2D eigenvalue weighted by molar-refractivity contribution is 6.07. The molecule has 4 heterocycles. The van der Waals surface area contributed by atoms with Gasteiger partial charge in [0.2, 0.25) is 0 Å². The molecule has 3 aromatic rings. The van der Waals surface area contributed by atoms with E-state index < -0.39 is 0 Å². The molecule has 46 heavy (non-hydrogen) atoms. The topological polar surface area (TPSA) is 123 Å². The fourth-order valence-corrected chi connectivity index (χ4v) is 6.76. The molecule has 12 heteroatoms. The highest BCUT2D eigenvalue weighted by Gasteiger charge is 2.36. The number of piperidine rings is 1. The lowest BCUT2D eigenvalue weighted by Crippen LogP contribution is -2.50. The summed E-state index contributed by atoms with van der Waals surface area (Å²) < 4.78 is 17.7. The average Bonchev–Trinajstić information content (AvgIpc) is 3.08. The van der Waals surface area contributed by atoms with Gasteiger partial charge in [0.05, 0.1) is 32.2 Å². The Bertz CT molecular complexity index is 1680. The molecule has 242 valence electrons. The molecule has 0 saturated carbocycles. The second-order valence-electron chi connectivity index (χ2n) is 11.9. The van der Waals surface area contributed by atoms with Crippen molar-refractivity contribution in [2.45, 2.75) is 25.8 Å². The van der Waals surface area contributed by atoms with E-state index in [0.29, 0.717) is 80.7 Å². The molecule has 2 atom stereocenters. The summed E-state index contributed by atoms with van der Waals surface area (Å²) in [5.41, 5.74) is 3.13. The van der Waals surface area contributed by atoms with Gasteiger partial charge in [0.25, 0.3) is 17.4 Å². The van der Waals surface area contributed by atoms with Gasteiger partial charge in [-0.15, -0.1) is 0 Å². The number of methoxy groups -OCH3 is 2. The summed E-state index contributed by atoms with van der Waals surface area (Å²) in [6.45, 7) is 5.58. The zero-order valence-corrected chi connectivity index (χ0v) is 26.4. The zero-order valence-electron chi connectivity index (χ0n) is 26.4. The quantitative estimate of drug-likeness (QED) is 0.420. The summed E-state index contributed by atoms with van der Waals surface area (Å²) in [7, 11) is 3.05. The lowest BCUT2D eigenvalue weighted by atomic mass is 9.83. The van der Waals surface area contributed by atoms with E-state index >= 15 is 0 Å². The smallest absolute Gasteiger partial charge is 0.409 e. The van der Waals surface area contributed by atoms with Crippen molar-refractivity contribution in [3.63, 3.8) is 0 Å². The molecule has 0 spiro atoms. The summed E-state index contributed by atoms with van der Waals surface area (Å²) in [6.07, 6.45) is 0.608. The van der Waals surface area contributed by atoms with E-state index in [1.807, 2.05) is 22.8 Å². The van der Waals surface area contributed by atoms with Gasteiger partial charge in [0.15, 0.2) is 0 Å². The van der Waals surface area contributed by atoms with Gasteiger partial charge < -0.3 is 38.8 Å². The summed E-state index contributed by atoms with van der Waals surface area (Å²) >= 11 is 0. The molecular weight excluding hydrogens is 590 g/mol. The first-order chi connectivity index (χ1) is 22.3. The molecule has 2 saturated heterocycles. The number of ether oxygens (including phenoxy) is 3. The van der Waals surface area contributed by atoms with Gasteiger partial charge >= 0.3 is 6.09 Å². The van der Waals surface area contributed by atoms with Gasteiger partial charge in [0, 0.05) is 80.7 Å². The van der Waals surface area contributed by atoms with Crippen LogP contribution in [0.2, 0.25) is 0 Å². The van der Waals surface area contributed by atoms with Crippen LogP contribution in [0.25, 0.3) is 0 Å². The molecule has 0 unspecified atom stereocenters. The normalized spacial score (nSPS) is 18.8. The lowest BCUT2D eigenvalue weighted by molar-refractivity contribution is 0.0570. The molecule has 0 aliphatic carbocycles. The van der Waals surface area contributed by atoms with Crippen molar-refractivity contribution in [2.75, 3.05) is 70.3 Å². The number of aromatic nitrogens is 1. The molecule has 12 nitrogen and oxygen atoms in total. The Morgan fingerprint density at radius 3 is 2.26 bits per heavy atom. The highest BCUT2D eigenvalue weighted by atomic mass is 16.6. The third-order valence-electron chi connectivity index (χ3n) is 9.02. The van der Waals surface area contributed by atoms with Gasteiger partial charge in [-0.25, -0.2) is 4.79 Å². The zero-order chi connectivity index (χ0) is 32.4. The van der Waals surface area contributed by atoms with E-state index in [1.165, 1.54) is 14.2 Å². The van der Waals surface area contributed by atoms with E-state index in [0.717, 1.165) is 17.8 Å². The van der Waals surface area contributed by atoms with Crippen LogP contribution >= 0.6 is 0 Å². The Balaban J connectivity index is 1.29. The van der Waals surface area contributed by atoms with E-state index in [1.54, 1.807) is 53.1 Å². The maximum atomic E-state index is 13.7. The van der Waals surface area contributed by atoms with Crippen LogP contribution in [0, 0.1) is 5.92 Å². The van der Waals surface area contributed by atoms with Crippen molar-refractivity contribution in [2.24, 2.45) is 5.92 Å². The predicted octanol–water partition coefficient (Wildman–Crippen LogP) is 3.66. The fourth-order valence-electron chi connectivity index (χ4n) is 6.76. The Kier molecular flexibility index (Phi) is 8.87. The average molecular weight is 630 g/mol. The van der Waals surface area contributed by atoms with Crippen molar-refractivity contribution in [3.8, 4) is 11.5 Å². The summed E-state index contributed by atoms with van der Waals surface area (Å²) in [4.78, 5) is 57.7. The molecule has 1 N–H and O–H groups in total. The van der Waals surface area contributed by atoms with Crippen molar-refractivity contribution in [3.05, 3.63) is 81.8 Å². The van der Waals surface area contributed by atoms with Crippen LogP contribution in [0.3, 0.4) is 0 Å². The summed E-state index contributed by atoms with van der Waals surface area (Å²) in [5, 5.41) is 3.07. The Hall–Kier alpha value is -5.00.